The number of aryl methyl sites for hydroxylation is 2. The highest BCUT2D eigenvalue weighted by Crippen LogP contribution is 2.44. The third kappa shape index (κ3) is 4.98. The average molecular weight is 620 g/mol. The van der Waals surface area contributed by atoms with Gasteiger partial charge in [0.25, 0.3) is 5.91 Å². The molecule has 3 aromatic heterocycles. The molecule has 0 spiro atoms. The molecular formula is C37H38FN5O3. The molecular weight excluding hydrogens is 581 g/mol. The number of ketones is 1. The van der Waals surface area contributed by atoms with E-state index in [1.165, 1.54) is 31.9 Å². The lowest BCUT2D eigenvalue weighted by Crippen LogP contribution is -2.52. The molecule has 3 heterocycles. The zero-order valence-electron chi connectivity index (χ0n) is 26.7. The van der Waals surface area contributed by atoms with Gasteiger partial charge in [-0.1, -0.05) is 12.8 Å². The Morgan fingerprint density at radius 3 is 2.50 bits per heavy atom. The van der Waals surface area contributed by atoms with Crippen molar-refractivity contribution in [2.24, 2.45) is 7.05 Å². The highest BCUT2D eigenvalue weighted by molar-refractivity contribution is 6.01. The molecule has 0 unspecified atom stereocenters. The Labute approximate surface area is 267 Å². The monoisotopic (exact) mass is 619 g/mol. The van der Waals surface area contributed by atoms with Gasteiger partial charge >= 0.3 is 0 Å². The highest BCUT2D eigenvalue weighted by Gasteiger charge is 2.44. The lowest BCUT2D eigenvalue weighted by Gasteiger charge is -2.41. The average Bonchev–Trinajstić information content (AvgIpc) is 3.74. The molecule has 0 saturated heterocycles. The summed E-state index contributed by atoms with van der Waals surface area (Å²) < 4.78 is 23.8. The number of carbonyl (C=O) groups is 2. The molecule has 1 amide bonds. The third-order valence-corrected chi connectivity index (χ3v) is 9.93. The van der Waals surface area contributed by atoms with E-state index in [2.05, 4.69) is 27.9 Å². The Balaban J connectivity index is 1.26. The van der Waals surface area contributed by atoms with E-state index < -0.39 is 11.5 Å². The molecule has 46 heavy (non-hydrogen) atoms. The Bertz CT molecular complexity index is 2030. The number of hydrogen-bond donors (Lipinski definition) is 1. The summed E-state index contributed by atoms with van der Waals surface area (Å²) in [6.45, 7) is 3.59. The van der Waals surface area contributed by atoms with Crippen LogP contribution in [0.5, 0.6) is 5.75 Å². The molecule has 5 aromatic rings. The fraction of sp³-hybridized carbons (Fsp3) is 0.351. The molecule has 236 valence electrons. The Morgan fingerprint density at radius 1 is 1.07 bits per heavy atom. The van der Waals surface area contributed by atoms with Crippen molar-refractivity contribution in [3.05, 3.63) is 83.2 Å². The number of ether oxygens (including phenoxy) is 1. The lowest BCUT2D eigenvalue weighted by atomic mass is 9.75. The standard InChI is InChI=1S/C37H38FN5O3/c1-22(44)10-11-24-19-31-29(20-32(24)46-4)40-36(42(31)3)37(16-7-17-37)41-35(45)25-12-14-30-28(18-25)23(2)34(26-13-15-33(38)39-21-26)43(30)27-8-5-6-9-27/h10-15,18-21,27H,5-9,16-17H2,1-4H3,(H,41,45)/b11-10+. The molecule has 8 nitrogen and oxygen atoms in total. The molecule has 0 atom stereocenters. The van der Waals surface area contributed by atoms with Crippen molar-refractivity contribution in [3.8, 4) is 17.0 Å². The molecule has 2 aromatic carbocycles. The van der Waals surface area contributed by atoms with E-state index in [9.17, 15) is 14.0 Å². The van der Waals surface area contributed by atoms with E-state index in [1.807, 2.05) is 35.9 Å². The summed E-state index contributed by atoms with van der Waals surface area (Å²) in [4.78, 5) is 34.5. The van der Waals surface area contributed by atoms with Crippen molar-refractivity contribution in [2.45, 2.75) is 70.4 Å². The topological polar surface area (TPSA) is 91.0 Å². The van der Waals surface area contributed by atoms with Gasteiger partial charge in [-0.15, -0.1) is 0 Å². The van der Waals surface area contributed by atoms with Crippen LogP contribution in [0.3, 0.4) is 0 Å². The quantitative estimate of drug-likeness (QED) is 0.143. The fourth-order valence-corrected chi connectivity index (χ4v) is 7.43. The second-order valence-corrected chi connectivity index (χ2v) is 12.8. The number of aromatic nitrogens is 4. The maximum Gasteiger partial charge on any atom is 0.252 e. The number of imidazole rings is 1. The normalized spacial score (nSPS) is 16.4. The molecule has 2 fully saturated rings. The number of amides is 1. The van der Waals surface area contributed by atoms with Gasteiger partial charge in [0.1, 0.15) is 11.6 Å². The smallest absolute Gasteiger partial charge is 0.252 e. The first-order valence-corrected chi connectivity index (χ1v) is 16.0. The van der Waals surface area contributed by atoms with Crippen molar-refractivity contribution in [2.75, 3.05) is 7.11 Å². The second-order valence-electron chi connectivity index (χ2n) is 12.8. The summed E-state index contributed by atoms with van der Waals surface area (Å²) >= 11 is 0. The summed E-state index contributed by atoms with van der Waals surface area (Å²) in [5.41, 5.74) is 6.49. The van der Waals surface area contributed by atoms with Crippen LogP contribution in [0.15, 0.2) is 54.7 Å². The maximum absolute atomic E-state index is 14.0. The van der Waals surface area contributed by atoms with E-state index in [1.54, 1.807) is 25.4 Å². The van der Waals surface area contributed by atoms with Crippen LogP contribution in [0.25, 0.3) is 39.3 Å². The van der Waals surface area contributed by atoms with Crippen LogP contribution < -0.4 is 10.1 Å². The lowest BCUT2D eigenvalue weighted by molar-refractivity contribution is -0.112. The van der Waals surface area contributed by atoms with Gasteiger partial charge in [-0.25, -0.2) is 9.97 Å². The van der Waals surface area contributed by atoms with Gasteiger partial charge in [-0.2, -0.15) is 4.39 Å². The van der Waals surface area contributed by atoms with Crippen LogP contribution in [-0.2, 0) is 17.4 Å². The largest absolute Gasteiger partial charge is 0.496 e. The van der Waals surface area contributed by atoms with Crippen molar-refractivity contribution >= 4 is 39.7 Å². The molecule has 9 heteroatoms. The number of fused-ring (bicyclic) bond motifs is 2. The predicted molar refractivity (Wildman–Crippen MR) is 177 cm³/mol. The van der Waals surface area contributed by atoms with E-state index in [-0.39, 0.29) is 11.7 Å². The Kier molecular flexibility index (Phi) is 7.50. The zero-order valence-corrected chi connectivity index (χ0v) is 26.7. The molecule has 0 bridgehead atoms. The molecule has 2 aliphatic rings. The summed E-state index contributed by atoms with van der Waals surface area (Å²) in [6.07, 6.45) is 12.0. The molecule has 0 aliphatic heterocycles. The minimum atomic E-state index is -0.599. The van der Waals surface area contributed by atoms with Crippen molar-refractivity contribution in [1.82, 2.24) is 24.4 Å². The number of nitrogens with zero attached hydrogens (tertiary/aromatic N) is 4. The van der Waals surface area contributed by atoms with Gasteiger partial charge in [0, 0.05) is 52.9 Å². The summed E-state index contributed by atoms with van der Waals surface area (Å²) in [7, 11) is 3.57. The first kappa shape index (κ1) is 29.9. The zero-order chi connectivity index (χ0) is 32.2. The van der Waals surface area contributed by atoms with Gasteiger partial charge in [-0.05, 0) is 100 Å². The number of nitrogens with one attached hydrogen (secondary N) is 1. The SMILES string of the molecule is COc1cc2nc(C3(NC(=O)c4ccc5c(c4)c(C)c(-c4ccc(F)nc4)n5C4CCCC4)CCC3)n(C)c2cc1/C=C/C(C)=O. The van der Waals surface area contributed by atoms with E-state index in [4.69, 9.17) is 9.72 Å². The highest BCUT2D eigenvalue weighted by atomic mass is 19.1. The second kappa shape index (κ2) is 11.5. The number of methoxy groups -OCH3 is 1. The Hall–Kier alpha value is -4.79. The molecule has 2 saturated carbocycles. The van der Waals surface area contributed by atoms with E-state index in [0.29, 0.717) is 17.4 Å². The van der Waals surface area contributed by atoms with Crippen molar-refractivity contribution in [1.29, 1.82) is 0 Å². The van der Waals surface area contributed by atoms with Crippen LogP contribution in [0.4, 0.5) is 4.39 Å². The van der Waals surface area contributed by atoms with E-state index >= 15 is 0 Å². The minimum Gasteiger partial charge on any atom is -0.496 e. The maximum atomic E-state index is 14.0. The number of pyridine rings is 1. The van der Waals surface area contributed by atoms with Gasteiger partial charge in [-0.3, -0.25) is 9.59 Å². The first-order valence-electron chi connectivity index (χ1n) is 16.0. The third-order valence-electron chi connectivity index (χ3n) is 9.93. The van der Waals surface area contributed by atoms with Gasteiger partial charge < -0.3 is 19.2 Å². The van der Waals surface area contributed by atoms with Gasteiger partial charge in [0.05, 0.1) is 29.4 Å². The van der Waals surface area contributed by atoms with E-state index in [0.717, 1.165) is 82.2 Å². The number of rotatable bonds is 8. The Morgan fingerprint density at radius 2 is 1.85 bits per heavy atom. The van der Waals surface area contributed by atoms with Crippen molar-refractivity contribution in [3.63, 3.8) is 0 Å². The molecule has 0 radical (unpaired) electrons. The molecule has 7 rings (SSSR count). The number of benzene rings is 2. The number of hydrogen-bond acceptors (Lipinski definition) is 5. The minimum absolute atomic E-state index is 0.0452. The van der Waals surface area contributed by atoms with Crippen molar-refractivity contribution < 1.29 is 18.7 Å². The summed E-state index contributed by atoms with van der Waals surface area (Å²) in [6, 6.07) is 13.4. The van der Waals surface area contributed by atoms with Crippen LogP contribution in [-0.4, -0.2) is 37.9 Å². The van der Waals surface area contributed by atoms with Crippen LogP contribution in [0.2, 0.25) is 0 Å². The molecule has 1 N–H and O–H groups in total. The number of halogens is 1. The number of allylic oxidation sites excluding steroid dienone is 1. The van der Waals surface area contributed by atoms with Gasteiger partial charge in [0.15, 0.2) is 5.78 Å². The van der Waals surface area contributed by atoms with Crippen LogP contribution in [0.1, 0.15) is 85.2 Å². The predicted octanol–water partition coefficient (Wildman–Crippen LogP) is 7.57. The van der Waals surface area contributed by atoms with Gasteiger partial charge in [0.2, 0.25) is 5.95 Å². The van der Waals surface area contributed by atoms with Crippen LogP contribution in [0, 0.1) is 12.9 Å². The van der Waals surface area contributed by atoms with Crippen LogP contribution >= 0.6 is 0 Å². The first-order chi connectivity index (χ1) is 22.2. The molecule has 2 aliphatic carbocycles. The summed E-state index contributed by atoms with van der Waals surface area (Å²) in [5.74, 6) is 0.738. The fourth-order valence-electron chi connectivity index (χ4n) is 7.43. The number of carbonyl (C=O) groups excluding carboxylic acids is 2. The summed E-state index contributed by atoms with van der Waals surface area (Å²) in [5, 5.41) is 4.39.